The Hall–Kier alpha value is -0.870. The number of methoxy groups -OCH3 is 1. The van der Waals surface area contributed by atoms with Crippen LogP contribution >= 0.6 is 12.6 Å². The summed E-state index contributed by atoms with van der Waals surface area (Å²) in [5.41, 5.74) is 1.82. The fraction of sp³-hybridized carbons (Fsp3) is 0.625. The maximum Gasteiger partial charge on any atom is 0.120 e. The van der Waals surface area contributed by atoms with E-state index in [4.69, 9.17) is 4.74 Å². The normalized spacial score (nSPS) is 21.8. The van der Waals surface area contributed by atoms with Gasteiger partial charge in [-0.3, -0.25) is 4.90 Å². The van der Waals surface area contributed by atoms with Gasteiger partial charge in [0.1, 0.15) is 5.75 Å². The van der Waals surface area contributed by atoms with Crippen molar-refractivity contribution in [1.82, 2.24) is 4.90 Å². The Morgan fingerprint density at radius 2 is 1.95 bits per heavy atom. The van der Waals surface area contributed by atoms with Crippen LogP contribution in [0.25, 0.3) is 0 Å². The number of ether oxygens (including phenoxy) is 1. The molecule has 0 atom stereocenters. The molecular weight excluding hydrogens is 268 g/mol. The van der Waals surface area contributed by atoms with Crippen LogP contribution in [0.2, 0.25) is 0 Å². The van der Waals surface area contributed by atoms with Crippen LogP contribution in [0.15, 0.2) is 24.3 Å². The second-order valence-electron chi connectivity index (χ2n) is 6.12. The highest BCUT2D eigenvalue weighted by atomic mass is 32.1. The third-order valence-electron chi connectivity index (χ3n) is 4.64. The van der Waals surface area contributed by atoms with E-state index in [1.54, 1.807) is 7.11 Å². The van der Waals surface area contributed by atoms with Crippen molar-refractivity contribution >= 4 is 18.3 Å². The van der Waals surface area contributed by atoms with Gasteiger partial charge < -0.3 is 9.64 Å². The Bertz CT molecular complexity index is 454. The van der Waals surface area contributed by atoms with Crippen molar-refractivity contribution in [1.29, 1.82) is 0 Å². The summed E-state index contributed by atoms with van der Waals surface area (Å²) in [7, 11) is 1.73. The van der Waals surface area contributed by atoms with Crippen molar-refractivity contribution in [2.75, 3.05) is 50.5 Å². The molecule has 0 spiro atoms. The molecule has 4 heteroatoms. The van der Waals surface area contributed by atoms with Gasteiger partial charge in [0.25, 0.3) is 0 Å². The second kappa shape index (κ2) is 5.86. The van der Waals surface area contributed by atoms with Gasteiger partial charge in [-0.05, 0) is 36.1 Å². The van der Waals surface area contributed by atoms with Crippen LogP contribution in [-0.4, -0.2) is 50.5 Å². The molecule has 0 aromatic heterocycles. The lowest BCUT2D eigenvalue weighted by atomic mass is 10.1. The molecule has 2 fully saturated rings. The Morgan fingerprint density at radius 3 is 2.55 bits per heavy atom. The van der Waals surface area contributed by atoms with Gasteiger partial charge in [-0.25, -0.2) is 0 Å². The molecule has 0 radical (unpaired) electrons. The van der Waals surface area contributed by atoms with Crippen molar-refractivity contribution in [3.63, 3.8) is 0 Å². The first-order chi connectivity index (χ1) is 9.74. The minimum Gasteiger partial charge on any atom is -0.497 e. The van der Waals surface area contributed by atoms with Crippen LogP contribution in [-0.2, 0) is 0 Å². The van der Waals surface area contributed by atoms with Crippen LogP contribution in [0.1, 0.15) is 12.8 Å². The van der Waals surface area contributed by atoms with Gasteiger partial charge in [0.05, 0.1) is 7.11 Å². The first-order valence-corrected chi connectivity index (χ1v) is 8.10. The van der Waals surface area contributed by atoms with Gasteiger partial charge in [0.2, 0.25) is 0 Å². The van der Waals surface area contributed by atoms with E-state index < -0.39 is 0 Å². The lowest BCUT2D eigenvalue weighted by Gasteiger charge is -2.37. The molecule has 1 saturated carbocycles. The zero-order valence-electron chi connectivity index (χ0n) is 12.2. The molecule has 0 amide bonds. The standard InChI is InChI=1S/C16H24N2OS/c1-19-15-4-2-3-14(11-15)18-9-7-17(8-10-18)12-16(13-20)5-6-16/h2-4,11,20H,5-10,12-13H2,1H3. The van der Waals surface area contributed by atoms with Crippen LogP contribution in [0.5, 0.6) is 5.75 Å². The van der Waals surface area contributed by atoms with Crippen molar-refractivity contribution in [3.8, 4) is 5.75 Å². The fourth-order valence-corrected chi connectivity index (χ4v) is 3.40. The summed E-state index contributed by atoms with van der Waals surface area (Å²) in [6.07, 6.45) is 2.74. The largest absolute Gasteiger partial charge is 0.497 e. The Morgan fingerprint density at radius 1 is 1.20 bits per heavy atom. The maximum atomic E-state index is 5.31. The molecule has 1 aromatic carbocycles. The number of hydrogen-bond acceptors (Lipinski definition) is 4. The zero-order valence-corrected chi connectivity index (χ0v) is 13.1. The van der Waals surface area contributed by atoms with Gasteiger partial charge in [-0.1, -0.05) is 6.07 Å². The average molecular weight is 292 g/mol. The van der Waals surface area contributed by atoms with E-state index >= 15 is 0 Å². The van der Waals surface area contributed by atoms with Gasteiger partial charge in [-0.2, -0.15) is 12.6 Å². The van der Waals surface area contributed by atoms with Crippen molar-refractivity contribution in [2.24, 2.45) is 5.41 Å². The summed E-state index contributed by atoms with van der Waals surface area (Å²) in [6.45, 7) is 5.77. The van der Waals surface area contributed by atoms with E-state index in [0.29, 0.717) is 5.41 Å². The first kappa shape index (κ1) is 14.1. The summed E-state index contributed by atoms with van der Waals surface area (Å²) in [5, 5.41) is 0. The minimum absolute atomic E-state index is 0.543. The molecule has 1 aliphatic carbocycles. The summed E-state index contributed by atoms with van der Waals surface area (Å²) in [6, 6.07) is 8.38. The molecule has 2 aliphatic rings. The van der Waals surface area contributed by atoms with Crippen molar-refractivity contribution in [3.05, 3.63) is 24.3 Å². The number of thiol groups is 1. The lowest BCUT2D eigenvalue weighted by Crippen LogP contribution is -2.48. The molecule has 0 unspecified atom stereocenters. The number of anilines is 1. The second-order valence-corrected chi connectivity index (χ2v) is 6.44. The molecule has 0 N–H and O–H groups in total. The maximum absolute atomic E-state index is 5.31. The minimum atomic E-state index is 0.543. The SMILES string of the molecule is COc1cccc(N2CCN(CC3(CS)CC3)CC2)c1. The predicted octanol–water partition coefficient (Wildman–Crippen LogP) is 2.53. The van der Waals surface area contributed by atoms with Gasteiger partial charge in [0.15, 0.2) is 0 Å². The topological polar surface area (TPSA) is 15.7 Å². The molecule has 1 aromatic rings. The molecule has 3 nitrogen and oxygen atoms in total. The summed E-state index contributed by atoms with van der Waals surface area (Å²) in [4.78, 5) is 5.07. The van der Waals surface area contributed by atoms with E-state index in [1.165, 1.54) is 25.1 Å². The molecule has 110 valence electrons. The smallest absolute Gasteiger partial charge is 0.120 e. The van der Waals surface area contributed by atoms with Crippen LogP contribution in [0.3, 0.4) is 0 Å². The molecule has 1 saturated heterocycles. The van der Waals surface area contributed by atoms with Gasteiger partial charge in [-0.15, -0.1) is 0 Å². The highest BCUT2D eigenvalue weighted by Gasteiger charge is 2.42. The molecular formula is C16H24N2OS. The Kier molecular flexibility index (Phi) is 4.13. The lowest BCUT2D eigenvalue weighted by molar-refractivity contribution is 0.218. The molecule has 1 aliphatic heterocycles. The third kappa shape index (κ3) is 3.07. The summed E-state index contributed by atoms with van der Waals surface area (Å²) in [5.74, 6) is 1.99. The number of hydrogen-bond donors (Lipinski definition) is 1. The highest BCUT2D eigenvalue weighted by molar-refractivity contribution is 7.80. The average Bonchev–Trinajstić information content (AvgIpc) is 3.28. The van der Waals surface area contributed by atoms with Crippen LogP contribution in [0, 0.1) is 5.41 Å². The number of rotatable bonds is 5. The summed E-state index contributed by atoms with van der Waals surface area (Å²) >= 11 is 4.51. The van der Waals surface area contributed by atoms with Crippen molar-refractivity contribution < 1.29 is 4.74 Å². The number of piperazine rings is 1. The van der Waals surface area contributed by atoms with E-state index in [2.05, 4.69) is 40.6 Å². The van der Waals surface area contributed by atoms with E-state index in [1.807, 2.05) is 6.07 Å². The summed E-state index contributed by atoms with van der Waals surface area (Å²) < 4.78 is 5.31. The number of nitrogens with zero attached hydrogens (tertiary/aromatic N) is 2. The van der Waals surface area contributed by atoms with Gasteiger partial charge in [0, 0.05) is 44.5 Å². The molecule has 3 rings (SSSR count). The predicted molar refractivity (Wildman–Crippen MR) is 87.2 cm³/mol. The highest BCUT2D eigenvalue weighted by Crippen LogP contribution is 2.47. The van der Waals surface area contributed by atoms with Gasteiger partial charge >= 0.3 is 0 Å². The Labute approximate surface area is 127 Å². The van der Waals surface area contributed by atoms with Crippen LogP contribution in [0.4, 0.5) is 5.69 Å². The first-order valence-electron chi connectivity index (χ1n) is 7.47. The number of benzene rings is 1. The van der Waals surface area contributed by atoms with E-state index in [0.717, 1.165) is 37.7 Å². The van der Waals surface area contributed by atoms with Crippen LogP contribution < -0.4 is 9.64 Å². The zero-order chi connectivity index (χ0) is 14.0. The fourth-order valence-electron chi connectivity index (χ4n) is 2.99. The third-order valence-corrected chi connectivity index (χ3v) is 5.31. The molecule has 20 heavy (non-hydrogen) atoms. The molecule has 1 heterocycles. The Balaban J connectivity index is 1.55. The molecule has 0 bridgehead atoms. The monoisotopic (exact) mass is 292 g/mol. The quantitative estimate of drug-likeness (QED) is 0.840. The van der Waals surface area contributed by atoms with E-state index in [9.17, 15) is 0 Å². The van der Waals surface area contributed by atoms with Crippen molar-refractivity contribution in [2.45, 2.75) is 12.8 Å². The van der Waals surface area contributed by atoms with E-state index in [-0.39, 0.29) is 0 Å².